The number of carbonyl (C=O) groups excluding carboxylic acids is 3. The number of nitrogens with one attached hydrogen (secondary N) is 1. The number of rotatable bonds is 7. The highest BCUT2D eigenvalue weighted by atomic mass is 32.1. The third-order valence-corrected chi connectivity index (χ3v) is 4.69. The normalized spacial score (nSPS) is 9.96. The first kappa shape index (κ1) is 19.9. The van der Waals surface area contributed by atoms with E-state index < -0.39 is 17.8 Å². The molecule has 2 rings (SSSR count). The summed E-state index contributed by atoms with van der Waals surface area (Å²) >= 11 is 0.891. The van der Waals surface area contributed by atoms with Crippen LogP contribution in [0.3, 0.4) is 0 Å². The Balaban J connectivity index is 2.19. The molecule has 8 nitrogen and oxygen atoms in total. The fraction of sp³-hybridized carbons (Fsp3) is 0.222. The van der Waals surface area contributed by atoms with Gasteiger partial charge in [-0.2, -0.15) is 5.26 Å². The first-order valence-electron chi connectivity index (χ1n) is 7.91. The zero-order valence-corrected chi connectivity index (χ0v) is 15.5. The molecule has 0 aliphatic heterocycles. The van der Waals surface area contributed by atoms with Crippen LogP contribution in [0.25, 0.3) is 0 Å². The van der Waals surface area contributed by atoms with E-state index in [1.54, 1.807) is 38.1 Å². The summed E-state index contributed by atoms with van der Waals surface area (Å²) in [5, 5.41) is 11.7. The molecule has 0 saturated heterocycles. The predicted octanol–water partition coefficient (Wildman–Crippen LogP) is 2.22. The summed E-state index contributed by atoms with van der Waals surface area (Å²) in [4.78, 5) is 36.1. The molecular weight excluding hydrogens is 370 g/mol. The molecular formula is C18H17N3O5S. The number of anilines is 1. The molecule has 0 fully saturated rings. The average Bonchev–Trinajstić information content (AvgIpc) is 2.96. The number of para-hydroxylation sites is 1. The minimum absolute atomic E-state index is 0.0847. The second-order valence-corrected chi connectivity index (χ2v) is 6.31. The van der Waals surface area contributed by atoms with Crippen molar-refractivity contribution < 1.29 is 23.9 Å². The van der Waals surface area contributed by atoms with Gasteiger partial charge in [0.15, 0.2) is 6.61 Å². The number of thiophene rings is 1. The van der Waals surface area contributed by atoms with Crippen LogP contribution in [0, 0.1) is 18.3 Å². The number of benzene rings is 1. The molecule has 2 amide bonds. The zero-order valence-electron chi connectivity index (χ0n) is 14.7. The highest BCUT2D eigenvalue weighted by Gasteiger charge is 2.25. The van der Waals surface area contributed by atoms with E-state index in [1.807, 2.05) is 6.07 Å². The zero-order chi connectivity index (χ0) is 20.0. The van der Waals surface area contributed by atoms with Crippen molar-refractivity contribution in [3.63, 3.8) is 0 Å². The Labute approximate surface area is 159 Å². The highest BCUT2D eigenvalue weighted by molar-refractivity contribution is 7.18. The number of hydrogen-bond acceptors (Lipinski definition) is 7. The summed E-state index contributed by atoms with van der Waals surface area (Å²) in [5.74, 6) is -1.67. The van der Waals surface area contributed by atoms with E-state index in [9.17, 15) is 14.4 Å². The lowest BCUT2D eigenvalue weighted by Crippen LogP contribution is -2.21. The highest BCUT2D eigenvalue weighted by Crippen LogP contribution is 2.33. The number of hydrogen-bond donors (Lipinski definition) is 2. The lowest BCUT2D eigenvalue weighted by atomic mass is 10.1. The molecule has 0 aliphatic carbocycles. The van der Waals surface area contributed by atoms with Crippen LogP contribution in [0.15, 0.2) is 24.3 Å². The summed E-state index contributed by atoms with van der Waals surface area (Å²) in [6.07, 6.45) is 0. The number of amides is 2. The topological polar surface area (TPSA) is 132 Å². The second-order valence-electron chi connectivity index (χ2n) is 5.29. The number of ether oxygens (including phenoxy) is 2. The van der Waals surface area contributed by atoms with Gasteiger partial charge in [0.1, 0.15) is 16.8 Å². The number of carbonyl (C=O) groups is 3. The van der Waals surface area contributed by atoms with E-state index in [4.69, 9.17) is 20.5 Å². The Morgan fingerprint density at radius 1 is 1.30 bits per heavy atom. The fourth-order valence-corrected chi connectivity index (χ4v) is 3.34. The Hall–Kier alpha value is -3.38. The molecule has 1 aromatic heterocycles. The molecule has 1 aromatic carbocycles. The average molecular weight is 387 g/mol. The quantitative estimate of drug-likeness (QED) is 0.700. The van der Waals surface area contributed by atoms with Gasteiger partial charge in [0.25, 0.3) is 11.8 Å². The molecule has 2 aromatic rings. The molecule has 0 aliphatic rings. The van der Waals surface area contributed by atoms with Crippen molar-refractivity contribution in [2.45, 2.75) is 13.8 Å². The van der Waals surface area contributed by atoms with E-state index in [-0.39, 0.29) is 34.4 Å². The molecule has 0 unspecified atom stereocenters. The standard InChI is InChI=1S/C18H17N3O5S/c1-3-25-18(24)14-10(2)15(16(20)23)27-17(14)21-13(22)9-26-12-7-5-4-6-11(12)8-19/h4-7H,3,9H2,1-2H3,(H2,20,23)(H,21,22). The Bertz CT molecular complexity index is 930. The van der Waals surface area contributed by atoms with Crippen molar-refractivity contribution in [3.8, 4) is 11.8 Å². The van der Waals surface area contributed by atoms with Gasteiger partial charge in [-0.15, -0.1) is 11.3 Å². The first-order valence-corrected chi connectivity index (χ1v) is 8.72. The van der Waals surface area contributed by atoms with Gasteiger partial charge in [-0.05, 0) is 31.5 Å². The molecule has 9 heteroatoms. The molecule has 27 heavy (non-hydrogen) atoms. The van der Waals surface area contributed by atoms with E-state index in [1.165, 1.54) is 0 Å². The van der Waals surface area contributed by atoms with Gasteiger partial charge in [-0.1, -0.05) is 12.1 Å². The van der Waals surface area contributed by atoms with Gasteiger partial charge in [-0.25, -0.2) is 4.79 Å². The minimum Gasteiger partial charge on any atom is -0.482 e. The third kappa shape index (κ3) is 4.62. The predicted molar refractivity (Wildman–Crippen MR) is 98.8 cm³/mol. The van der Waals surface area contributed by atoms with Crippen LogP contribution in [0.5, 0.6) is 5.75 Å². The van der Waals surface area contributed by atoms with Crippen molar-refractivity contribution in [1.82, 2.24) is 0 Å². The lowest BCUT2D eigenvalue weighted by Gasteiger charge is -2.09. The number of nitrogens with two attached hydrogens (primary N) is 1. The van der Waals surface area contributed by atoms with Gasteiger partial charge < -0.3 is 20.5 Å². The molecule has 140 valence electrons. The van der Waals surface area contributed by atoms with Gasteiger partial charge in [0, 0.05) is 0 Å². The largest absolute Gasteiger partial charge is 0.482 e. The lowest BCUT2D eigenvalue weighted by molar-refractivity contribution is -0.118. The van der Waals surface area contributed by atoms with Gasteiger partial charge in [0.2, 0.25) is 0 Å². The molecule has 0 atom stereocenters. The Kier molecular flexibility index (Phi) is 6.51. The molecule has 0 radical (unpaired) electrons. The van der Waals surface area contributed by atoms with Crippen LogP contribution in [0.2, 0.25) is 0 Å². The Morgan fingerprint density at radius 2 is 2.00 bits per heavy atom. The maximum absolute atomic E-state index is 12.2. The van der Waals surface area contributed by atoms with E-state index in [0.717, 1.165) is 11.3 Å². The third-order valence-electron chi connectivity index (χ3n) is 3.47. The van der Waals surface area contributed by atoms with Crippen LogP contribution in [0.4, 0.5) is 5.00 Å². The molecule has 1 heterocycles. The smallest absolute Gasteiger partial charge is 0.341 e. The van der Waals surface area contributed by atoms with Crippen molar-refractivity contribution in [1.29, 1.82) is 5.26 Å². The van der Waals surface area contributed by atoms with E-state index in [2.05, 4.69) is 5.32 Å². The summed E-state index contributed by atoms with van der Waals surface area (Å²) in [7, 11) is 0. The van der Waals surface area contributed by atoms with Crippen LogP contribution < -0.4 is 15.8 Å². The van der Waals surface area contributed by atoms with Crippen LogP contribution in [-0.4, -0.2) is 31.0 Å². The second kappa shape index (κ2) is 8.82. The molecule has 0 spiro atoms. The maximum atomic E-state index is 12.2. The van der Waals surface area contributed by atoms with Crippen molar-refractivity contribution in [2.24, 2.45) is 5.73 Å². The van der Waals surface area contributed by atoms with Crippen molar-refractivity contribution in [3.05, 3.63) is 45.8 Å². The summed E-state index contributed by atoms with van der Waals surface area (Å²) in [6.45, 7) is 2.96. The van der Waals surface area contributed by atoms with Crippen LogP contribution in [-0.2, 0) is 9.53 Å². The number of esters is 1. The summed E-state index contributed by atoms with van der Waals surface area (Å²) in [6, 6.07) is 8.45. The number of primary amides is 1. The minimum atomic E-state index is -0.706. The molecule has 3 N–H and O–H groups in total. The monoisotopic (exact) mass is 387 g/mol. The Morgan fingerprint density at radius 3 is 2.63 bits per heavy atom. The van der Waals surface area contributed by atoms with Crippen LogP contribution in [0.1, 0.15) is 38.1 Å². The summed E-state index contributed by atoms with van der Waals surface area (Å²) in [5.41, 5.74) is 6.04. The van der Waals surface area contributed by atoms with Crippen LogP contribution >= 0.6 is 11.3 Å². The fourth-order valence-electron chi connectivity index (χ4n) is 2.28. The molecule has 0 saturated carbocycles. The van der Waals surface area contributed by atoms with E-state index >= 15 is 0 Å². The number of nitriles is 1. The van der Waals surface area contributed by atoms with E-state index in [0.29, 0.717) is 11.1 Å². The van der Waals surface area contributed by atoms with Gasteiger partial charge in [0.05, 0.1) is 22.6 Å². The molecule has 0 bridgehead atoms. The van der Waals surface area contributed by atoms with Crippen molar-refractivity contribution >= 4 is 34.1 Å². The van der Waals surface area contributed by atoms with Gasteiger partial charge >= 0.3 is 5.97 Å². The van der Waals surface area contributed by atoms with Crippen molar-refractivity contribution in [2.75, 3.05) is 18.5 Å². The first-order chi connectivity index (χ1) is 12.9. The maximum Gasteiger partial charge on any atom is 0.341 e. The summed E-state index contributed by atoms with van der Waals surface area (Å²) < 4.78 is 10.3. The van der Waals surface area contributed by atoms with Gasteiger partial charge in [-0.3, -0.25) is 9.59 Å². The number of nitrogens with zero attached hydrogens (tertiary/aromatic N) is 1. The SMILES string of the molecule is CCOC(=O)c1c(NC(=O)COc2ccccc2C#N)sc(C(N)=O)c1C.